The van der Waals surface area contributed by atoms with Crippen LogP contribution in [0.5, 0.6) is 0 Å². The normalized spacial score (nSPS) is 17.2. The lowest BCUT2D eigenvalue weighted by Crippen LogP contribution is -2.23. The van der Waals surface area contributed by atoms with Crippen LogP contribution in [0.3, 0.4) is 0 Å². The van der Waals surface area contributed by atoms with Crippen LogP contribution in [0, 0.1) is 6.92 Å². The van der Waals surface area contributed by atoms with Gasteiger partial charge in [0.1, 0.15) is 23.9 Å². The fourth-order valence-corrected chi connectivity index (χ4v) is 3.49. The van der Waals surface area contributed by atoms with Gasteiger partial charge in [-0.15, -0.1) is 0 Å². The Bertz CT molecular complexity index is 879. The lowest BCUT2D eigenvalue weighted by molar-refractivity contribution is 0.424. The molecular weight excluding hydrogens is 336 g/mol. The summed E-state index contributed by atoms with van der Waals surface area (Å²) in [4.78, 5) is 15.4. The van der Waals surface area contributed by atoms with E-state index < -0.39 is 0 Å². The third-order valence-corrected chi connectivity index (χ3v) is 4.88. The molecule has 5 nitrogen and oxygen atoms in total. The lowest BCUT2D eigenvalue weighted by atomic mass is 10.1. The molecule has 1 atom stereocenters. The fourth-order valence-electron chi connectivity index (χ4n) is 3.28. The van der Waals surface area contributed by atoms with Crippen LogP contribution in [0.1, 0.15) is 41.8 Å². The number of anilines is 1. The van der Waals surface area contributed by atoms with Gasteiger partial charge in [-0.25, -0.2) is 15.0 Å². The quantitative estimate of drug-likeness (QED) is 0.696. The van der Waals surface area contributed by atoms with Crippen molar-refractivity contribution in [3.63, 3.8) is 0 Å². The molecule has 3 heterocycles. The molecule has 0 N–H and O–H groups in total. The summed E-state index contributed by atoms with van der Waals surface area (Å²) in [5.74, 6) is 2.51. The Kier molecular flexibility index (Phi) is 4.40. The molecule has 1 saturated heterocycles. The summed E-state index contributed by atoms with van der Waals surface area (Å²) < 4.78 is 6.05. The van der Waals surface area contributed by atoms with Crippen LogP contribution >= 0.6 is 11.6 Å². The molecule has 0 aliphatic carbocycles. The standard InChI is InChI=1S/C19H19ClN4O/c1-13-9-18(23-12-22-13)24-8-4-7-17(24)19-21-11-15(25-19)10-14-5-2-3-6-16(14)20/h2-3,5-6,9,11-12,17H,4,7-8,10H2,1H3/t17-/m1/s1. The number of hydrogen-bond donors (Lipinski definition) is 0. The molecule has 1 fully saturated rings. The van der Waals surface area contributed by atoms with Gasteiger partial charge in [-0.2, -0.15) is 0 Å². The monoisotopic (exact) mass is 354 g/mol. The molecular formula is C19H19ClN4O. The molecule has 1 aliphatic rings. The maximum Gasteiger partial charge on any atom is 0.217 e. The van der Waals surface area contributed by atoms with E-state index in [1.54, 1.807) is 12.5 Å². The van der Waals surface area contributed by atoms with Crippen molar-refractivity contribution in [2.45, 2.75) is 32.2 Å². The van der Waals surface area contributed by atoms with Gasteiger partial charge in [-0.05, 0) is 31.4 Å². The number of hydrogen-bond acceptors (Lipinski definition) is 5. The van der Waals surface area contributed by atoms with E-state index in [4.69, 9.17) is 16.0 Å². The van der Waals surface area contributed by atoms with Crippen LogP contribution in [-0.4, -0.2) is 21.5 Å². The minimum absolute atomic E-state index is 0.120. The molecule has 1 aromatic carbocycles. The lowest BCUT2D eigenvalue weighted by Gasteiger charge is -2.23. The van der Waals surface area contributed by atoms with Crippen LogP contribution in [0.15, 0.2) is 47.3 Å². The molecule has 3 aromatic rings. The first-order valence-corrected chi connectivity index (χ1v) is 8.82. The molecule has 2 aromatic heterocycles. The Morgan fingerprint density at radius 1 is 1.24 bits per heavy atom. The van der Waals surface area contributed by atoms with E-state index in [0.29, 0.717) is 6.42 Å². The first-order chi connectivity index (χ1) is 12.2. The summed E-state index contributed by atoms with van der Waals surface area (Å²) in [7, 11) is 0. The predicted octanol–water partition coefficient (Wildman–Crippen LogP) is 4.36. The van der Waals surface area contributed by atoms with Crippen molar-refractivity contribution in [2.75, 3.05) is 11.4 Å². The highest BCUT2D eigenvalue weighted by Crippen LogP contribution is 2.35. The van der Waals surface area contributed by atoms with Crippen molar-refractivity contribution >= 4 is 17.4 Å². The summed E-state index contributed by atoms with van der Waals surface area (Å²) in [6.45, 7) is 2.92. The number of oxazole rings is 1. The second kappa shape index (κ2) is 6.84. The fraction of sp³-hybridized carbons (Fsp3) is 0.316. The third-order valence-electron chi connectivity index (χ3n) is 4.52. The van der Waals surface area contributed by atoms with Crippen LogP contribution < -0.4 is 4.90 Å². The molecule has 1 aliphatic heterocycles. The first-order valence-electron chi connectivity index (χ1n) is 8.44. The van der Waals surface area contributed by atoms with E-state index in [1.165, 1.54) is 0 Å². The van der Waals surface area contributed by atoms with Crippen molar-refractivity contribution in [1.82, 2.24) is 15.0 Å². The first kappa shape index (κ1) is 16.1. The van der Waals surface area contributed by atoms with Gasteiger partial charge in [0, 0.05) is 29.7 Å². The summed E-state index contributed by atoms with van der Waals surface area (Å²) >= 11 is 6.24. The number of aryl methyl sites for hydroxylation is 1. The number of halogens is 1. The van der Waals surface area contributed by atoms with Gasteiger partial charge in [0.2, 0.25) is 5.89 Å². The SMILES string of the molecule is Cc1cc(N2CCC[C@@H]2c2ncc(Cc3ccccc3Cl)o2)ncn1. The molecule has 0 unspecified atom stereocenters. The van der Waals surface area contributed by atoms with Crippen LogP contribution in [0.2, 0.25) is 5.02 Å². The Morgan fingerprint density at radius 3 is 2.96 bits per heavy atom. The minimum Gasteiger partial charge on any atom is -0.443 e. The third kappa shape index (κ3) is 3.37. The van der Waals surface area contributed by atoms with E-state index in [9.17, 15) is 0 Å². The van der Waals surface area contributed by atoms with Crippen LogP contribution in [0.25, 0.3) is 0 Å². The maximum absolute atomic E-state index is 6.24. The Balaban J connectivity index is 1.56. The van der Waals surface area contributed by atoms with Crippen molar-refractivity contribution < 1.29 is 4.42 Å². The maximum atomic E-state index is 6.24. The Morgan fingerprint density at radius 2 is 2.12 bits per heavy atom. The van der Waals surface area contributed by atoms with E-state index in [0.717, 1.165) is 53.1 Å². The molecule has 0 amide bonds. The van der Waals surface area contributed by atoms with E-state index in [-0.39, 0.29) is 6.04 Å². The average molecular weight is 355 g/mol. The predicted molar refractivity (Wildman–Crippen MR) is 96.9 cm³/mol. The zero-order valence-electron chi connectivity index (χ0n) is 14.0. The van der Waals surface area contributed by atoms with Crippen molar-refractivity contribution in [1.29, 1.82) is 0 Å². The molecule has 25 heavy (non-hydrogen) atoms. The Hall–Kier alpha value is -2.40. The molecule has 6 heteroatoms. The van der Waals surface area contributed by atoms with Gasteiger partial charge < -0.3 is 9.32 Å². The molecule has 0 bridgehead atoms. The van der Waals surface area contributed by atoms with Gasteiger partial charge in [0.05, 0.1) is 6.20 Å². The second-order valence-corrected chi connectivity index (χ2v) is 6.71. The Labute approximate surface area is 151 Å². The largest absolute Gasteiger partial charge is 0.443 e. The van der Waals surface area contributed by atoms with E-state index >= 15 is 0 Å². The van der Waals surface area contributed by atoms with Gasteiger partial charge in [0.15, 0.2) is 0 Å². The van der Waals surface area contributed by atoms with Crippen LogP contribution in [-0.2, 0) is 6.42 Å². The number of aromatic nitrogens is 3. The highest BCUT2D eigenvalue weighted by Gasteiger charge is 2.31. The summed E-state index contributed by atoms with van der Waals surface area (Å²) in [5, 5.41) is 0.749. The van der Waals surface area contributed by atoms with E-state index in [1.807, 2.05) is 37.3 Å². The van der Waals surface area contributed by atoms with Gasteiger partial charge in [0.25, 0.3) is 0 Å². The van der Waals surface area contributed by atoms with Crippen molar-refractivity contribution in [3.8, 4) is 0 Å². The van der Waals surface area contributed by atoms with Crippen LogP contribution in [0.4, 0.5) is 5.82 Å². The molecule has 0 spiro atoms. The molecule has 4 rings (SSSR count). The highest BCUT2D eigenvalue weighted by molar-refractivity contribution is 6.31. The van der Waals surface area contributed by atoms with Gasteiger partial charge in [-0.3, -0.25) is 0 Å². The number of nitrogens with zero attached hydrogens (tertiary/aromatic N) is 4. The topological polar surface area (TPSA) is 55.1 Å². The van der Waals surface area contributed by atoms with Crippen molar-refractivity contribution in [3.05, 3.63) is 70.8 Å². The summed E-state index contributed by atoms with van der Waals surface area (Å²) in [5.41, 5.74) is 2.00. The smallest absolute Gasteiger partial charge is 0.217 e. The van der Waals surface area contributed by atoms with Gasteiger partial charge >= 0.3 is 0 Å². The number of benzene rings is 1. The molecule has 0 saturated carbocycles. The highest BCUT2D eigenvalue weighted by atomic mass is 35.5. The zero-order valence-corrected chi connectivity index (χ0v) is 14.8. The molecule has 128 valence electrons. The average Bonchev–Trinajstić information content (AvgIpc) is 3.26. The van der Waals surface area contributed by atoms with E-state index in [2.05, 4.69) is 19.9 Å². The van der Waals surface area contributed by atoms with Crippen molar-refractivity contribution in [2.24, 2.45) is 0 Å². The summed E-state index contributed by atoms with van der Waals surface area (Å²) in [6.07, 6.45) is 6.16. The second-order valence-electron chi connectivity index (χ2n) is 6.30. The van der Waals surface area contributed by atoms with Gasteiger partial charge in [-0.1, -0.05) is 29.8 Å². The summed E-state index contributed by atoms with van der Waals surface area (Å²) in [6, 6.07) is 9.94. The minimum atomic E-state index is 0.120. The molecule has 0 radical (unpaired) electrons. The zero-order chi connectivity index (χ0) is 17.2. The number of rotatable bonds is 4.